The van der Waals surface area contributed by atoms with E-state index in [0.29, 0.717) is 30.7 Å². The first kappa shape index (κ1) is 17.8. The van der Waals surface area contributed by atoms with Crippen molar-refractivity contribution in [3.05, 3.63) is 0 Å². The fourth-order valence-corrected chi connectivity index (χ4v) is 2.56. The van der Waals surface area contributed by atoms with Gasteiger partial charge in [0.1, 0.15) is 0 Å². The van der Waals surface area contributed by atoms with Gasteiger partial charge in [-0.1, -0.05) is 13.8 Å². The molecule has 5 nitrogen and oxygen atoms in total. The Morgan fingerprint density at radius 1 is 1.29 bits per heavy atom. The fraction of sp³-hybridized carbons (Fsp3) is 0.875. The molecule has 0 spiro atoms. The number of carbonyl (C=O) groups is 2. The Kier molecular flexibility index (Phi) is 7.54. The Labute approximate surface area is 128 Å². The monoisotopic (exact) mass is 298 g/mol. The minimum Gasteiger partial charge on any atom is -0.481 e. The van der Waals surface area contributed by atoms with Gasteiger partial charge in [-0.25, -0.2) is 4.79 Å². The minimum atomic E-state index is -0.744. The number of hydrogen-bond donors (Lipinski definition) is 2. The van der Waals surface area contributed by atoms with Crippen LogP contribution in [0.4, 0.5) is 4.79 Å². The molecule has 0 aliphatic heterocycles. The SMILES string of the molecule is CCN(CC1CC1)C(=O)NCCC(CCC(=O)O)C(C)C. The Morgan fingerprint density at radius 2 is 1.95 bits per heavy atom. The predicted octanol–water partition coefficient (Wildman–Crippen LogP) is 2.96. The van der Waals surface area contributed by atoms with Crippen LogP contribution >= 0.6 is 0 Å². The number of rotatable bonds is 10. The van der Waals surface area contributed by atoms with E-state index in [0.717, 1.165) is 19.5 Å². The molecule has 0 heterocycles. The summed E-state index contributed by atoms with van der Waals surface area (Å²) in [5.74, 6) is 0.746. The summed E-state index contributed by atoms with van der Waals surface area (Å²) in [6, 6.07) is 0.0186. The summed E-state index contributed by atoms with van der Waals surface area (Å²) in [5, 5.41) is 11.8. The van der Waals surface area contributed by atoms with Gasteiger partial charge in [0.2, 0.25) is 0 Å². The van der Waals surface area contributed by atoms with E-state index in [-0.39, 0.29) is 12.5 Å². The summed E-state index contributed by atoms with van der Waals surface area (Å²) in [6.45, 7) is 8.47. The van der Waals surface area contributed by atoms with E-state index in [2.05, 4.69) is 19.2 Å². The van der Waals surface area contributed by atoms with E-state index in [1.165, 1.54) is 12.8 Å². The zero-order chi connectivity index (χ0) is 15.8. The van der Waals surface area contributed by atoms with Gasteiger partial charge in [0.25, 0.3) is 0 Å². The van der Waals surface area contributed by atoms with Gasteiger partial charge in [0, 0.05) is 26.1 Å². The standard InChI is InChI=1S/C16H30N2O3/c1-4-18(11-13-5-6-13)16(21)17-10-9-14(12(2)3)7-8-15(19)20/h12-14H,4-11H2,1-3H3,(H,17,21)(H,19,20). The van der Waals surface area contributed by atoms with E-state index in [1.807, 2.05) is 11.8 Å². The molecule has 1 aliphatic rings. The molecular formula is C16H30N2O3. The zero-order valence-corrected chi connectivity index (χ0v) is 13.6. The number of carboxylic acids is 1. The molecule has 21 heavy (non-hydrogen) atoms. The van der Waals surface area contributed by atoms with E-state index in [1.54, 1.807) is 0 Å². The largest absolute Gasteiger partial charge is 0.481 e. The quantitative estimate of drug-likeness (QED) is 0.651. The van der Waals surface area contributed by atoms with Gasteiger partial charge < -0.3 is 15.3 Å². The zero-order valence-electron chi connectivity index (χ0n) is 13.6. The summed E-state index contributed by atoms with van der Waals surface area (Å²) < 4.78 is 0. The van der Waals surface area contributed by atoms with Crippen LogP contribution in [0.15, 0.2) is 0 Å². The molecule has 1 unspecified atom stereocenters. The number of aliphatic carboxylic acids is 1. The van der Waals surface area contributed by atoms with Crippen molar-refractivity contribution < 1.29 is 14.7 Å². The molecule has 1 rings (SSSR count). The van der Waals surface area contributed by atoms with Crippen LogP contribution in [-0.4, -0.2) is 41.6 Å². The highest BCUT2D eigenvalue weighted by Crippen LogP contribution is 2.29. The average Bonchev–Trinajstić information content (AvgIpc) is 3.22. The number of amides is 2. The maximum Gasteiger partial charge on any atom is 0.317 e. The summed E-state index contributed by atoms with van der Waals surface area (Å²) >= 11 is 0. The second-order valence-corrected chi connectivity index (χ2v) is 6.44. The summed E-state index contributed by atoms with van der Waals surface area (Å²) in [4.78, 5) is 24.6. The molecule has 0 saturated heterocycles. The molecule has 1 aliphatic carbocycles. The van der Waals surface area contributed by atoms with Crippen molar-refractivity contribution in [2.24, 2.45) is 17.8 Å². The van der Waals surface area contributed by atoms with Gasteiger partial charge in [-0.05, 0) is 50.4 Å². The van der Waals surface area contributed by atoms with Crippen molar-refractivity contribution in [2.45, 2.75) is 52.9 Å². The highest BCUT2D eigenvalue weighted by molar-refractivity contribution is 5.74. The van der Waals surface area contributed by atoms with Gasteiger partial charge in [-0.3, -0.25) is 4.79 Å². The molecule has 0 radical (unpaired) electrons. The van der Waals surface area contributed by atoms with Crippen LogP contribution < -0.4 is 5.32 Å². The molecular weight excluding hydrogens is 268 g/mol. The van der Waals surface area contributed by atoms with Crippen molar-refractivity contribution in [3.8, 4) is 0 Å². The maximum absolute atomic E-state index is 12.1. The highest BCUT2D eigenvalue weighted by Gasteiger charge is 2.26. The van der Waals surface area contributed by atoms with Crippen LogP contribution in [0.2, 0.25) is 0 Å². The Morgan fingerprint density at radius 3 is 2.43 bits per heavy atom. The second kappa shape index (κ2) is 8.90. The molecule has 0 aromatic carbocycles. The van der Waals surface area contributed by atoms with E-state index < -0.39 is 5.97 Å². The van der Waals surface area contributed by atoms with Crippen molar-refractivity contribution in [1.82, 2.24) is 10.2 Å². The first-order chi connectivity index (χ1) is 9.93. The van der Waals surface area contributed by atoms with Crippen LogP contribution in [0.3, 0.4) is 0 Å². The molecule has 2 amide bonds. The van der Waals surface area contributed by atoms with Gasteiger partial charge in [0.05, 0.1) is 0 Å². The number of carbonyl (C=O) groups excluding carboxylic acids is 1. The normalized spacial score (nSPS) is 15.8. The molecule has 5 heteroatoms. The number of nitrogens with zero attached hydrogens (tertiary/aromatic N) is 1. The van der Waals surface area contributed by atoms with Gasteiger partial charge in [-0.2, -0.15) is 0 Å². The molecule has 1 fully saturated rings. The first-order valence-electron chi connectivity index (χ1n) is 8.18. The van der Waals surface area contributed by atoms with E-state index in [4.69, 9.17) is 5.11 Å². The Balaban J connectivity index is 2.27. The number of carboxylic acid groups (broad SMARTS) is 1. The Hall–Kier alpha value is -1.26. The van der Waals surface area contributed by atoms with Crippen LogP contribution in [0.25, 0.3) is 0 Å². The third kappa shape index (κ3) is 7.34. The molecule has 0 bridgehead atoms. The number of nitrogens with one attached hydrogen (secondary N) is 1. The van der Waals surface area contributed by atoms with Crippen LogP contribution in [0.1, 0.15) is 52.9 Å². The lowest BCUT2D eigenvalue weighted by Gasteiger charge is -2.23. The molecule has 1 saturated carbocycles. The van der Waals surface area contributed by atoms with Crippen LogP contribution in [-0.2, 0) is 4.79 Å². The van der Waals surface area contributed by atoms with Crippen molar-refractivity contribution in [1.29, 1.82) is 0 Å². The highest BCUT2D eigenvalue weighted by atomic mass is 16.4. The lowest BCUT2D eigenvalue weighted by molar-refractivity contribution is -0.137. The Bertz CT molecular complexity index is 340. The molecule has 2 N–H and O–H groups in total. The molecule has 0 aromatic heterocycles. The molecule has 122 valence electrons. The minimum absolute atomic E-state index is 0.0186. The van der Waals surface area contributed by atoms with E-state index >= 15 is 0 Å². The van der Waals surface area contributed by atoms with Crippen molar-refractivity contribution >= 4 is 12.0 Å². The number of urea groups is 1. The predicted molar refractivity (Wildman–Crippen MR) is 83.2 cm³/mol. The molecule has 0 aromatic rings. The summed E-state index contributed by atoms with van der Waals surface area (Å²) in [6.07, 6.45) is 4.22. The van der Waals surface area contributed by atoms with E-state index in [9.17, 15) is 9.59 Å². The summed E-state index contributed by atoms with van der Waals surface area (Å²) in [7, 11) is 0. The molecule has 1 atom stereocenters. The lowest BCUT2D eigenvalue weighted by atomic mass is 9.88. The fourth-order valence-electron chi connectivity index (χ4n) is 2.56. The van der Waals surface area contributed by atoms with Crippen LogP contribution in [0, 0.1) is 17.8 Å². The van der Waals surface area contributed by atoms with Crippen LogP contribution in [0.5, 0.6) is 0 Å². The number of hydrogen-bond acceptors (Lipinski definition) is 2. The third-order valence-electron chi connectivity index (χ3n) is 4.31. The van der Waals surface area contributed by atoms with Crippen molar-refractivity contribution in [3.63, 3.8) is 0 Å². The van der Waals surface area contributed by atoms with Gasteiger partial charge >= 0.3 is 12.0 Å². The topological polar surface area (TPSA) is 69.6 Å². The van der Waals surface area contributed by atoms with Gasteiger partial charge in [-0.15, -0.1) is 0 Å². The lowest BCUT2D eigenvalue weighted by Crippen LogP contribution is -2.41. The van der Waals surface area contributed by atoms with Crippen molar-refractivity contribution in [2.75, 3.05) is 19.6 Å². The third-order valence-corrected chi connectivity index (χ3v) is 4.31. The summed E-state index contributed by atoms with van der Waals surface area (Å²) in [5.41, 5.74) is 0. The smallest absolute Gasteiger partial charge is 0.317 e. The van der Waals surface area contributed by atoms with Gasteiger partial charge in [0.15, 0.2) is 0 Å². The average molecular weight is 298 g/mol. The maximum atomic E-state index is 12.1. The first-order valence-corrected chi connectivity index (χ1v) is 8.18. The second-order valence-electron chi connectivity index (χ2n) is 6.44.